The average Bonchev–Trinajstić information content (AvgIpc) is 3.03. The van der Waals surface area contributed by atoms with Gasteiger partial charge in [-0.1, -0.05) is 18.2 Å². The lowest BCUT2D eigenvalue weighted by atomic mass is 10.2. The number of pyridine rings is 1. The molecule has 3 rings (SSSR count). The van der Waals surface area contributed by atoms with Crippen molar-refractivity contribution >= 4 is 21.6 Å². The molecule has 0 spiro atoms. The first-order chi connectivity index (χ1) is 11.5. The van der Waals surface area contributed by atoms with E-state index in [4.69, 9.17) is 0 Å². The number of rotatable bonds is 5. The maximum atomic E-state index is 12.5. The van der Waals surface area contributed by atoms with Gasteiger partial charge in [0, 0.05) is 30.9 Å². The van der Waals surface area contributed by atoms with Gasteiger partial charge in [-0.2, -0.15) is 0 Å². The van der Waals surface area contributed by atoms with Crippen LogP contribution in [-0.4, -0.2) is 38.3 Å². The highest BCUT2D eigenvalue weighted by Crippen LogP contribution is 2.19. The van der Waals surface area contributed by atoms with Crippen molar-refractivity contribution in [2.75, 3.05) is 18.0 Å². The summed E-state index contributed by atoms with van der Waals surface area (Å²) in [5.41, 5.74) is 0.496. The van der Waals surface area contributed by atoms with Crippen molar-refractivity contribution in [3.05, 3.63) is 54.2 Å². The molecule has 1 atom stereocenters. The van der Waals surface area contributed by atoms with E-state index in [0.717, 1.165) is 18.8 Å². The molecule has 0 bridgehead atoms. The topological polar surface area (TPSA) is 79.4 Å². The molecule has 1 aromatic carbocycles. The fraction of sp³-hybridized carbons (Fsp3) is 0.294. The summed E-state index contributed by atoms with van der Waals surface area (Å²) in [5.74, 6) is 0.763. The summed E-state index contributed by atoms with van der Waals surface area (Å²) < 4.78 is 27.7. The molecule has 0 radical (unpaired) electrons. The van der Waals surface area contributed by atoms with Gasteiger partial charge in [0.2, 0.25) is 10.0 Å². The minimum absolute atomic E-state index is 0.0892. The van der Waals surface area contributed by atoms with Gasteiger partial charge in [0.25, 0.3) is 0 Å². The Bertz CT molecular complexity index is 820. The molecule has 0 saturated carbocycles. The molecule has 1 N–H and O–H groups in total. The van der Waals surface area contributed by atoms with Gasteiger partial charge < -0.3 is 4.90 Å². The van der Waals surface area contributed by atoms with Gasteiger partial charge in [0.05, 0.1) is 4.90 Å². The van der Waals surface area contributed by atoms with E-state index in [2.05, 4.69) is 14.6 Å². The summed E-state index contributed by atoms with van der Waals surface area (Å²) in [4.78, 5) is 17.8. The fourth-order valence-electron chi connectivity index (χ4n) is 2.76. The molecular formula is C17H19N3O3S. The Hall–Kier alpha value is -2.25. The van der Waals surface area contributed by atoms with E-state index in [0.29, 0.717) is 12.1 Å². The van der Waals surface area contributed by atoms with Crippen LogP contribution in [0.5, 0.6) is 0 Å². The lowest BCUT2D eigenvalue weighted by Gasteiger charge is -2.17. The lowest BCUT2D eigenvalue weighted by Crippen LogP contribution is -2.37. The van der Waals surface area contributed by atoms with Crippen LogP contribution in [-0.2, 0) is 10.0 Å². The molecule has 24 heavy (non-hydrogen) atoms. The Kier molecular flexibility index (Phi) is 4.64. The molecule has 0 amide bonds. The first kappa shape index (κ1) is 16.6. The zero-order valence-corrected chi connectivity index (χ0v) is 14.2. The van der Waals surface area contributed by atoms with E-state index in [1.165, 1.54) is 31.2 Å². The van der Waals surface area contributed by atoms with Gasteiger partial charge in [-0.05, 0) is 37.6 Å². The van der Waals surface area contributed by atoms with E-state index < -0.39 is 10.0 Å². The normalized spacial score (nSPS) is 17.9. The summed E-state index contributed by atoms with van der Waals surface area (Å²) in [6.45, 7) is 2.79. The second-order valence-electron chi connectivity index (χ2n) is 5.82. The quantitative estimate of drug-likeness (QED) is 0.837. The predicted molar refractivity (Wildman–Crippen MR) is 91.6 cm³/mol. The van der Waals surface area contributed by atoms with Gasteiger partial charge in [-0.3, -0.25) is 4.79 Å². The molecule has 1 saturated heterocycles. The standard InChI is InChI=1S/C17H19N3O3S/c1-13(21)14-5-7-16(8-6-14)24(22,23)19-15-9-11-20(12-15)17-4-2-3-10-18-17/h2-8,10,15,19H,9,11-12H2,1H3/t15-/m0/s1. The molecule has 1 fully saturated rings. The van der Waals surface area contributed by atoms with Crippen molar-refractivity contribution < 1.29 is 13.2 Å². The van der Waals surface area contributed by atoms with E-state index >= 15 is 0 Å². The number of sulfonamides is 1. The molecule has 7 heteroatoms. The van der Waals surface area contributed by atoms with E-state index in [1.54, 1.807) is 6.20 Å². The highest BCUT2D eigenvalue weighted by Gasteiger charge is 2.27. The van der Waals surface area contributed by atoms with Gasteiger partial charge in [-0.15, -0.1) is 0 Å². The molecule has 6 nitrogen and oxygen atoms in total. The summed E-state index contributed by atoms with van der Waals surface area (Å²) in [6, 6.07) is 11.5. The number of anilines is 1. The summed E-state index contributed by atoms with van der Waals surface area (Å²) >= 11 is 0. The van der Waals surface area contributed by atoms with Gasteiger partial charge >= 0.3 is 0 Å². The maximum Gasteiger partial charge on any atom is 0.240 e. The van der Waals surface area contributed by atoms with Crippen molar-refractivity contribution in [2.45, 2.75) is 24.3 Å². The monoisotopic (exact) mass is 345 g/mol. The number of ketones is 1. The molecule has 2 heterocycles. The van der Waals surface area contributed by atoms with Crippen LogP contribution in [0.1, 0.15) is 23.7 Å². The molecule has 0 unspecified atom stereocenters. The third-order valence-corrected chi connectivity index (χ3v) is 5.59. The summed E-state index contributed by atoms with van der Waals surface area (Å²) in [6.07, 6.45) is 2.45. The lowest BCUT2D eigenvalue weighted by molar-refractivity contribution is 0.101. The van der Waals surface area contributed by atoms with Crippen molar-refractivity contribution in [1.82, 2.24) is 9.71 Å². The molecule has 1 aliphatic heterocycles. The van der Waals surface area contributed by atoms with Crippen LogP contribution in [0.15, 0.2) is 53.6 Å². The van der Waals surface area contributed by atoms with Gasteiger partial charge in [0.15, 0.2) is 5.78 Å². The maximum absolute atomic E-state index is 12.5. The molecule has 1 aromatic heterocycles. The number of hydrogen-bond donors (Lipinski definition) is 1. The smallest absolute Gasteiger partial charge is 0.240 e. The number of nitrogens with one attached hydrogen (secondary N) is 1. The van der Waals surface area contributed by atoms with Crippen LogP contribution in [0.4, 0.5) is 5.82 Å². The van der Waals surface area contributed by atoms with Crippen molar-refractivity contribution in [3.63, 3.8) is 0 Å². The third-order valence-electron chi connectivity index (χ3n) is 4.05. The van der Waals surface area contributed by atoms with E-state index in [-0.39, 0.29) is 16.7 Å². The van der Waals surface area contributed by atoms with Crippen molar-refractivity contribution in [2.24, 2.45) is 0 Å². The summed E-state index contributed by atoms with van der Waals surface area (Å²) in [7, 11) is -3.60. The molecule has 1 aliphatic rings. The second kappa shape index (κ2) is 6.70. The first-order valence-corrected chi connectivity index (χ1v) is 9.23. The zero-order chi connectivity index (χ0) is 17.2. The Morgan fingerprint density at radius 2 is 1.96 bits per heavy atom. The number of carbonyl (C=O) groups is 1. The SMILES string of the molecule is CC(=O)c1ccc(S(=O)(=O)N[C@H]2CCN(c3ccccn3)C2)cc1. The van der Waals surface area contributed by atoms with Crippen LogP contribution >= 0.6 is 0 Å². The van der Waals surface area contributed by atoms with Crippen LogP contribution < -0.4 is 9.62 Å². The Balaban J connectivity index is 1.68. The highest BCUT2D eigenvalue weighted by atomic mass is 32.2. The molecule has 126 valence electrons. The van der Waals surface area contributed by atoms with E-state index in [9.17, 15) is 13.2 Å². The van der Waals surface area contributed by atoms with Gasteiger partial charge in [-0.25, -0.2) is 18.1 Å². The fourth-order valence-corrected chi connectivity index (χ4v) is 4.02. The minimum Gasteiger partial charge on any atom is -0.355 e. The number of nitrogens with zero attached hydrogens (tertiary/aromatic N) is 2. The van der Waals surface area contributed by atoms with Crippen LogP contribution in [0.2, 0.25) is 0 Å². The molecule has 0 aliphatic carbocycles. The Morgan fingerprint density at radius 3 is 2.58 bits per heavy atom. The number of aromatic nitrogens is 1. The number of hydrogen-bond acceptors (Lipinski definition) is 5. The first-order valence-electron chi connectivity index (χ1n) is 7.75. The minimum atomic E-state index is -3.60. The van der Waals surface area contributed by atoms with Gasteiger partial charge in [0.1, 0.15) is 5.82 Å². The zero-order valence-electron chi connectivity index (χ0n) is 13.3. The second-order valence-corrected chi connectivity index (χ2v) is 7.54. The Morgan fingerprint density at radius 1 is 1.21 bits per heavy atom. The predicted octanol–water partition coefficient (Wildman–Crippen LogP) is 1.84. The molecular weight excluding hydrogens is 326 g/mol. The Labute approximate surface area is 141 Å². The third kappa shape index (κ3) is 3.63. The van der Waals surface area contributed by atoms with Crippen molar-refractivity contribution in [3.8, 4) is 0 Å². The van der Waals surface area contributed by atoms with Crippen LogP contribution in [0, 0.1) is 0 Å². The summed E-state index contributed by atoms with van der Waals surface area (Å²) in [5, 5.41) is 0. The average molecular weight is 345 g/mol. The van der Waals surface area contributed by atoms with Crippen LogP contribution in [0.3, 0.4) is 0 Å². The van der Waals surface area contributed by atoms with Crippen LogP contribution in [0.25, 0.3) is 0 Å². The largest absolute Gasteiger partial charge is 0.355 e. The molecule has 2 aromatic rings. The van der Waals surface area contributed by atoms with Crippen molar-refractivity contribution in [1.29, 1.82) is 0 Å². The van der Waals surface area contributed by atoms with E-state index in [1.807, 2.05) is 18.2 Å². The number of benzene rings is 1. The number of carbonyl (C=O) groups excluding carboxylic acids is 1. The highest BCUT2D eigenvalue weighted by molar-refractivity contribution is 7.89. The number of Topliss-reactive ketones (excluding diaryl/α,β-unsaturated/α-hetero) is 1.